The molecule has 2 aromatic carbocycles. The van der Waals surface area contributed by atoms with E-state index in [9.17, 15) is 14.4 Å². The minimum Gasteiger partial charge on any atom is -0.292 e. The minimum atomic E-state index is -0.798. The van der Waals surface area contributed by atoms with Crippen molar-refractivity contribution in [2.24, 2.45) is 0 Å². The molecule has 0 spiro atoms. The van der Waals surface area contributed by atoms with Crippen molar-refractivity contribution in [3.05, 3.63) is 54.1 Å². The number of carbonyl (C=O) groups excluding carboxylic acids is 3. The molecule has 0 saturated carbocycles. The number of nitrogens with zero attached hydrogens (tertiary/aromatic N) is 1. The van der Waals surface area contributed by atoms with E-state index in [1.807, 2.05) is 30.3 Å². The second-order valence-electron chi connectivity index (χ2n) is 5.01. The maximum Gasteiger partial charge on any atom is 0.259 e. The molecule has 1 unspecified atom stereocenters. The molecule has 2 heterocycles. The van der Waals surface area contributed by atoms with E-state index in [1.54, 1.807) is 6.07 Å². The van der Waals surface area contributed by atoms with Crippen LogP contribution in [0.3, 0.4) is 0 Å². The molecule has 3 amide bonds. The molecule has 1 atom stereocenters. The molecule has 0 aromatic heterocycles. The molecular formula is C16H10N2O3. The summed E-state index contributed by atoms with van der Waals surface area (Å²) in [5.41, 5.74) is 1.29. The van der Waals surface area contributed by atoms with Crippen LogP contribution in [0.1, 0.15) is 10.4 Å². The third-order valence-corrected chi connectivity index (χ3v) is 3.81. The summed E-state index contributed by atoms with van der Waals surface area (Å²) in [7, 11) is 0. The Labute approximate surface area is 119 Å². The maximum atomic E-state index is 12.6. The number of amides is 3. The van der Waals surface area contributed by atoms with E-state index in [0.717, 1.165) is 10.8 Å². The highest BCUT2D eigenvalue weighted by Crippen LogP contribution is 2.38. The molecule has 2 aliphatic heterocycles. The Hall–Kier alpha value is -2.95. The Kier molecular flexibility index (Phi) is 2.27. The average Bonchev–Trinajstić information content (AvgIpc) is 2.75. The number of hydrogen-bond acceptors (Lipinski definition) is 3. The van der Waals surface area contributed by atoms with Crippen LogP contribution in [0.25, 0.3) is 10.8 Å². The van der Waals surface area contributed by atoms with Crippen molar-refractivity contribution in [1.82, 2.24) is 5.32 Å². The van der Waals surface area contributed by atoms with E-state index in [-0.39, 0.29) is 5.91 Å². The van der Waals surface area contributed by atoms with Crippen LogP contribution in [0, 0.1) is 0 Å². The lowest BCUT2D eigenvalue weighted by Crippen LogP contribution is -2.51. The summed E-state index contributed by atoms with van der Waals surface area (Å²) in [6, 6.07) is 10.3. The van der Waals surface area contributed by atoms with Gasteiger partial charge in [0.05, 0.1) is 5.69 Å². The zero-order valence-corrected chi connectivity index (χ0v) is 10.9. The first-order valence-corrected chi connectivity index (χ1v) is 6.55. The fourth-order valence-electron chi connectivity index (χ4n) is 2.92. The van der Waals surface area contributed by atoms with E-state index in [4.69, 9.17) is 0 Å². The smallest absolute Gasteiger partial charge is 0.259 e. The van der Waals surface area contributed by atoms with E-state index >= 15 is 0 Å². The summed E-state index contributed by atoms with van der Waals surface area (Å²) < 4.78 is 0. The third kappa shape index (κ3) is 1.54. The number of rotatable bonds is 1. The van der Waals surface area contributed by atoms with Crippen molar-refractivity contribution in [2.45, 2.75) is 6.04 Å². The molecule has 2 aromatic rings. The molecule has 5 heteroatoms. The van der Waals surface area contributed by atoms with Crippen LogP contribution in [0.4, 0.5) is 5.69 Å². The lowest BCUT2D eigenvalue weighted by molar-refractivity contribution is -0.129. The van der Waals surface area contributed by atoms with Crippen LogP contribution in [0.2, 0.25) is 0 Å². The second-order valence-corrected chi connectivity index (χ2v) is 5.01. The van der Waals surface area contributed by atoms with Crippen LogP contribution < -0.4 is 10.2 Å². The number of anilines is 1. The van der Waals surface area contributed by atoms with Gasteiger partial charge in [0.25, 0.3) is 11.8 Å². The molecule has 0 radical (unpaired) electrons. The van der Waals surface area contributed by atoms with Crippen molar-refractivity contribution in [3.63, 3.8) is 0 Å². The Morgan fingerprint density at radius 3 is 2.52 bits per heavy atom. The van der Waals surface area contributed by atoms with E-state index in [2.05, 4.69) is 5.32 Å². The molecule has 0 bridgehead atoms. The first-order valence-electron chi connectivity index (χ1n) is 6.55. The predicted molar refractivity (Wildman–Crippen MR) is 76.8 cm³/mol. The lowest BCUT2D eigenvalue weighted by Gasteiger charge is -2.26. The number of benzene rings is 2. The number of carbonyl (C=O) groups is 3. The van der Waals surface area contributed by atoms with Crippen LogP contribution in [-0.4, -0.2) is 23.8 Å². The van der Waals surface area contributed by atoms with Crippen LogP contribution in [0.5, 0.6) is 0 Å². The second kappa shape index (κ2) is 4.02. The molecule has 1 N–H and O–H groups in total. The van der Waals surface area contributed by atoms with Gasteiger partial charge in [-0.1, -0.05) is 24.3 Å². The molecule has 0 aliphatic carbocycles. The van der Waals surface area contributed by atoms with Gasteiger partial charge in [-0.2, -0.15) is 0 Å². The van der Waals surface area contributed by atoms with Gasteiger partial charge in [-0.3, -0.25) is 24.6 Å². The molecule has 102 valence electrons. The normalized spacial score (nSPS) is 20.3. The van der Waals surface area contributed by atoms with E-state index < -0.39 is 17.9 Å². The Bertz CT molecular complexity index is 848. The van der Waals surface area contributed by atoms with E-state index in [1.165, 1.54) is 17.1 Å². The number of hydrogen-bond donors (Lipinski definition) is 1. The maximum absolute atomic E-state index is 12.6. The van der Waals surface area contributed by atoms with Gasteiger partial charge >= 0.3 is 0 Å². The summed E-state index contributed by atoms with van der Waals surface area (Å²) in [6.45, 7) is 0. The largest absolute Gasteiger partial charge is 0.292 e. The molecule has 21 heavy (non-hydrogen) atoms. The van der Waals surface area contributed by atoms with Gasteiger partial charge in [-0.25, -0.2) is 0 Å². The van der Waals surface area contributed by atoms with Crippen LogP contribution >= 0.6 is 0 Å². The molecule has 0 saturated heterocycles. The number of nitrogens with one attached hydrogen (secondary N) is 1. The van der Waals surface area contributed by atoms with Gasteiger partial charge in [0.1, 0.15) is 6.04 Å². The quantitative estimate of drug-likeness (QED) is 0.801. The fourth-order valence-corrected chi connectivity index (χ4v) is 2.92. The van der Waals surface area contributed by atoms with Gasteiger partial charge in [0, 0.05) is 17.0 Å². The molecule has 2 aliphatic rings. The predicted octanol–water partition coefficient (Wildman–Crippen LogP) is 1.38. The first kappa shape index (κ1) is 11.8. The lowest BCUT2D eigenvalue weighted by atomic mass is 10.1. The molecule has 4 rings (SSSR count). The monoisotopic (exact) mass is 278 g/mol. The Morgan fingerprint density at radius 2 is 1.76 bits per heavy atom. The third-order valence-electron chi connectivity index (χ3n) is 3.81. The summed E-state index contributed by atoms with van der Waals surface area (Å²) >= 11 is 0. The molecule has 0 fully saturated rings. The number of imide groups is 1. The van der Waals surface area contributed by atoms with Crippen molar-refractivity contribution in [1.29, 1.82) is 0 Å². The molecular weight excluding hydrogens is 268 g/mol. The van der Waals surface area contributed by atoms with Crippen molar-refractivity contribution in [2.75, 3.05) is 4.90 Å². The highest BCUT2D eigenvalue weighted by atomic mass is 16.2. The zero-order chi connectivity index (χ0) is 14.6. The van der Waals surface area contributed by atoms with Gasteiger partial charge in [-0.15, -0.1) is 0 Å². The SMILES string of the molecule is O=C1C=CC(N2C(=O)c3cccc4cccc2c34)C(=O)N1. The summed E-state index contributed by atoms with van der Waals surface area (Å²) in [5.74, 6) is -1.17. The zero-order valence-electron chi connectivity index (χ0n) is 10.9. The summed E-state index contributed by atoms with van der Waals surface area (Å²) in [6.07, 6.45) is 2.74. The van der Waals surface area contributed by atoms with Crippen molar-refractivity contribution < 1.29 is 14.4 Å². The standard InChI is InChI=1S/C16H10N2O3/c19-13-8-7-12(15(20)17-13)18-11-6-2-4-9-3-1-5-10(14(9)11)16(18)21/h1-8,12H,(H,17,19,20). The average molecular weight is 278 g/mol. The highest BCUT2D eigenvalue weighted by Gasteiger charge is 2.38. The van der Waals surface area contributed by atoms with Gasteiger partial charge in [0.15, 0.2) is 0 Å². The van der Waals surface area contributed by atoms with Gasteiger partial charge in [0.2, 0.25) is 5.91 Å². The summed E-state index contributed by atoms with van der Waals surface area (Å²) in [4.78, 5) is 37.3. The van der Waals surface area contributed by atoms with Crippen molar-refractivity contribution in [3.8, 4) is 0 Å². The summed E-state index contributed by atoms with van der Waals surface area (Å²) in [5, 5.41) is 4.03. The highest BCUT2D eigenvalue weighted by molar-refractivity contribution is 6.27. The van der Waals surface area contributed by atoms with E-state index in [0.29, 0.717) is 11.3 Å². The van der Waals surface area contributed by atoms with Crippen molar-refractivity contribution >= 4 is 34.2 Å². The fraction of sp³-hybridized carbons (Fsp3) is 0.0625. The minimum absolute atomic E-state index is 0.221. The van der Waals surface area contributed by atoms with Crippen LogP contribution in [0.15, 0.2) is 48.6 Å². The van der Waals surface area contributed by atoms with Gasteiger partial charge < -0.3 is 0 Å². The first-order chi connectivity index (χ1) is 10.2. The Morgan fingerprint density at radius 1 is 1.00 bits per heavy atom. The Balaban J connectivity index is 1.92. The topological polar surface area (TPSA) is 66.5 Å². The van der Waals surface area contributed by atoms with Crippen LogP contribution in [-0.2, 0) is 9.59 Å². The molecule has 5 nitrogen and oxygen atoms in total. The van der Waals surface area contributed by atoms with Gasteiger partial charge in [-0.05, 0) is 23.6 Å².